The Morgan fingerprint density at radius 2 is 2.05 bits per heavy atom. The number of rotatable bonds is 4. The van der Waals surface area contributed by atoms with E-state index in [9.17, 15) is 13.2 Å². The Bertz CT molecular complexity index is 598. The summed E-state index contributed by atoms with van der Waals surface area (Å²) in [6.45, 7) is 2.72. The van der Waals surface area contributed by atoms with Crippen molar-refractivity contribution in [2.24, 2.45) is 5.73 Å². The topological polar surface area (TPSA) is 92.5 Å². The van der Waals surface area contributed by atoms with E-state index in [0.717, 1.165) is 18.4 Å². The average molecular weight is 311 g/mol. The van der Waals surface area contributed by atoms with Crippen LogP contribution in [0.25, 0.3) is 0 Å². The third kappa shape index (κ3) is 4.03. The smallest absolute Gasteiger partial charge is 0.243 e. The highest BCUT2D eigenvalue weighted by atomic mass is 32.2. The Morgan fingerprint density at radius 1 is 1.38 bits per heavy atom. The first-order valence-corrected chi connectivity index (χ1v) is 8.42. The van der Waals surface area contributed by atoms with Gasteiger partial charge in [-0.1, -0.05) is 12.1 Å². The number of amides is 1. The lowest BCUT2D eigenvalue weighted by Gasteiger charge is -2.29. The number of sulfonamides is 1. The fourth-order valence-electron chi connectivity index (χ4n) is 2.35. The van der Waals surface area contributed by atoms with E-state index in [0.29, 0.717) is 19.6 Å². The van der Waals surface area contributed by atoms with E-state index in [1.807, 2.05) is 0 Å². The minimum Gasteiger partial charge on any atom is -0.352 e. The molecule has 1 aliphatic rings. The first kappa shape index (κ1) is 15.9. The first-order valence-electron chi connectivity index (χ1n) is 6.98. The molecule has 0 spiro atoms. The second-order valence-electron chi connectivity index (χ2n) is 5.32. The van der Waals surface area contributed by atoms with E-state index >= 15 is 0 Å². The van der Waals surface area contributed by atoms with Crippen molar-refractivity contribution in [3.05, 3.63) is 29.8 Å². The van der Waals surface area contributed by atoms with Gasteiger partial charge < -0.3 is 11.1 Å². The Hall–Kier alpha value is -1.44. The number of nitrogens with two attached hydrogens (primary N) is 1. The monoisotopic (exact) mass is 311 g/mol. The predicted octanol–water partition coefficient (Wildman–Crippen LogP) is 0.435. The van der Waals surface area contributed by atoms with Crippen LogP contribution in [0.3, 0.4) is 0 Å². The van der Waals surface area contributed by atoms with Crippen molar-refractivity contribution in [3.8, 4) is 0 Å². The van der Waals surface area contributed by atoms with Crippen LogP contribution in [-0.4, -0.2) is 37.8 Å². The number of nitrogens with zero attached hydrogens (tertiary/aromatic N) is 1. The van der Waals surface area contributed by atoms with Gasteiger partial charge in [-0.15, -0.1) is 0 Å². The molecule has 1 saturated heterocycles. The lowest BCUT2D eigenvalue weighted by atomic mass is 10.1. The van der Waals surface area contributed by atoms with E-state index in [2.05, 4.69) is 5.32 Å². The van der Waals surface area contributed by atoms with Gasteiger partial charge in [0.05, 0.1) is 4.90 Å². The molecule has 7 heteroatoms. The lowest BCUT2D eigenvalue weighted by Crippen LogP contribution is -2.45. The summed E-state index contributed by atoms with van der Waals surface area (Å²) in [5, 5.41) is 2.67. The summed E-state index contributed by atoms with van der Waals surface area (Å²) in [6, 6.07) is 6.49. The second kappa shape index (κ2) is 6.55. The summed E-state index contributed by atoms with van der Waals surface area (Å²) in [5.41, 5.74) is 6.71. The number of nitrogens with one attached hydrogen (secondary N) is 1. The Labute approximate surface area is 125 Å². The van der Waals surface area contributed by atoms with E-state index in [-0.39, 0.29) is 16.8 Å². The van der Waals surface area contributed by atoms with E-state index in [4.69, 9.17) is 5.73 Å². The SMILES string of the molecule is CC(=O)NCc1ccc(S(=O)(=O)N2CCCC(N)C2)cc1. The minimum atomic E-state index is -3.48. The third-order valence-electron chi connectivity index (χ3n) is 3.52. The molecule has 116 valence electrons. The molecule has 6 nitrogen and oxygen atoms in total. The highest BCUT2D eigenvalue weighted by Gasteiger charge is 2.28. The van der Waals surface area contributed by atoms with Crippen LogP contribution in [-0.2, 0) is 21.4 Å². The quantitative estimate of drug-likeness (QED) is 0.843. The van der Waals surface area contributed by atoms with Gasteiger partial charge in [0, 0.05) is 32.6 Å². The molecule has 1 unspecified atom stereocenters. The molecule has 2 rings (SSSR count). The normalized spacial score (nSPS) is 20.2. The van der Waals surface area contributed by atoms with Gasteiger partial charge >= 0.3 is 0 Å². The second-order valence-corrected chi connectivity index (χ2v) is 7.26. The van der Waals surface area contributed by atoms with Gasteiger partial charge in [-0.2, -0.15) is 4.31 Å². The summed E-state index contributed by atoms with van der Waals surface area (Å²) < 4.78 is 26.5. The van der Waals surface area contributed by atoms with Crippen molar-refractivity contribution in [2.45, 2.75) is 37.2 Å². The van der Waals surface area contributed by atoms with Gasteiger partial charge in [0.15, 0.2) is 0 Å². The molecule has 0 radical (unpaired) electrons. The molecule has 1 amide bonds. The summed E-state index contributed by atoms with van der Waals surface area (Å²) in [6.07, 6.45) is 1.66. The van der Waals surface area contributed by atoms with Crippen LogP contribution < -0.4 is 11.1 Å². The number of piperidine rings is 1. The summed E-state index contributed by atoms with van der Waals surface area (Å²) in [4.78, 5) is 11.1. The molecule has 1 aromatic rings. The number of carbonyl (C=O) groups excluding carboxylic acids is 1. The van der Waals surface area contributed by atoms with Crippen molar-refractivity contribution < 1.29 is 13.2 Å². The molecule has 0 bridgehead atoms. The Kier molecular flexibility index (Phi) is 4.97. The predicted molar refractivity (Wildman–Crippen MR) is 79.9 cm³/mol. The van der Waals surface area contributed by atoms with Gasteiger partial charge in [-0.3, -0.25) is 4.79 Å². The van der Waals surface area contributed by atoms with Crippen molar-refractivity contribution >= 4 is 15.9 Å². The van der Waals surface area contributed by atoms with Crippen LogP contribution in [0.5, 0.6) is 0 Å². The van der Waals surface area contributed by atoms with Crippen LogP contribution in [0.15, 0.2) is 29.2 Å². The maximum Gasteiger partial charge on any atom is 0.243 e. The first-order chi connectivity index (χ1) is 9.89. The van der Waals surface area contributed by atoms with Crippen molar-refractivity contribution in [3.63, 3.8) is 0 Å². The highest BCUT2D eigenvalue weighted by molar-refractivity contribution is 7.89. The zero-order valence-electron chi connectivity index (χ0n) is 12.1. The zero-order chi connectivity index (χ0) is 15.5. The fourth-order valence-corrected chi connectivity index (χ4v) is 3.88. The summed E-state index contributed by atoms with van der Waals surface area (Å²) in [5.74, 6) is -0.117. The van der Waals surface area contributed by atoms with E-state index in [1.165, 1.54) is 11.2 Å². The van der Waals surface area contributed by atoms with Crippen LogP contribution in [0.2, 0.25) is 0 Å². The van der Waals surface area contributed by atoms with Gasteiger partial charge in [0.25, 0.3) is 0 Å². The molecule has 1 fully saturated rings. The molecule has 0 aromatic heterocycles. The molecule has 21 heavy (non-hydrogen) atoms. The van der Waals surface area contributed by atoms with Crippen LogP contribution in [0, 0.1) is 0 Å². The molecule has 1 heterocycles. The number of hydrogen-bond donors (Lipinski definition) is 2. The molecule has 3 N–H and O–H groups in total. The van der Waals surface area contributed by atoms with Gasteiger partial charge in [-0.05, 0) is 30.5 Å². The van der Waals surface area contributed by atoms with Gasteiger partial charge in [0.2, 0.25) is 15.9 Å². The molecule has 1 atom stereocenters. The van der Waals surface area contributed by atoms with Crippen LogP contribution in [0.4, 0.5) is 0 Å². The van der Waals surface area contributed by atoms with E-state index in [1.54, 1.807) is 24.3 Å². The van der Waals surface area contributed by atoms with Crippen LogP contribution >= 0.6 is 0 Å². The molecular weight excluding hydrogens is 290 g/mol. The standard InChI is InChI=1S/C14H21N3O3S/c1-11(18)16-9-12-4-6-14(7-5-12)21(19,20)17-8-2-3-13(15)10-17/h4-7,13H,2-3,8-10,15H2,1H3,(H,16,18). The minimum absolute atomic E-state index is 0.0902. The maximum atomic E-state index is 12.5. The number of hydrogen-bond acceptors (Lipinski definition) is 4. The van der Waals surface area contributed by atoms with Crippen molar-refractivity contribution in [1.82, 2.24) is 9.62 Å². The van der Waals surface area contributed by atoms with Crippen molar-refractivity contribution in [2.75, 3.05) is 13.1 Å². The number of benzene rings is 1. The highest BCUT2D eigenvalue weighted by Crippen LogP contribution is 2.20. The molecule has 1 aromatic carbocycles. The Balaban J connectivity index is 2.11. The summed E-state index contributed by atoms with van der Waals surface area (Å²) >= 11 is 0. The average Bonchev–Trinajstić information content (AvgIpc) is 2.45. The molecular formula is C14H21N3O3S. The van der Waals surface area contributed by atoms with Crippen LogP contribution in [0.1, 0.15) is 25.3 Å². The zero-order valence-corrected chi connectivity index (χ0v) is 12.9. The summed E-state index contributed by atoms with van der Waals surface area (Å²) in [7, 11) is -3.48. The van der Waals surface area contributed by atoms with Crippen molar-refractivity contribution in [1.29, 1.82) is 0 Å². The molecule has 0 saturated carbocycles. The number of carbonyl (C=O) groups is 1. The van der Waals surface area contributed by atoms with Gasteiger partial charge in [0.1, 0.15) is 0 Å². The lowest BCUT2D eigenvalue weighted by molar-refractivity contribution is -0.119. The largest absolute Gasteiger partial charge is 0.352 e. The Morgan fingerprint density at radius 3 is 2.62 bits per heavy atom. The fraction of sp³-hybridized carbons (Fsp3) is 0.500. The van der Waals surface area contributed by atoms with E-state index < -0.39 is 10.0 Å². The molecule has 0 aliphatic carbocycles. The third-order valence-corrected chi connectivity index (χ3v) is 5.40. The van der Waals surface area contributed by atoms with Gasteiger partial charge in [-0.25, -0.2) is 8.42 Å². The molecule has 1 aliphatic heterocycles. The maximum absolute atomic E-state index is 12.5.